The Morgan fingerprint density at radius 3 is 1.34 bits per heavy atom. The Balaban J connectivity index is 2.34. The van der Waals surface area contributed by atoms with E-state index in [1.54, 1.807) is 27.7 Å². The Kier molecular flexibility index (Phi) is 7.46. The molecule has 2 rings (SSSR count). The molecule has 0 saturated carbocycles. The minimum absolute atomic E-state index is 0.00748. The molecule has 0 N–H and O–H groups in total. The van der Waals surface area contributed by atoms with E-state index in [-0.39, 0.29) is 52.4 Å². The average Bonchev–Trinajstić information content (AvgIpc) is 3.07. The number of hydrazine groups is 1. The second-order valence-corrected chi connectivity index (χ2v) is 6.60. The smallest absolute Gasteiger partial charge is 0.429 e. The monoisotopic (exact) mass is 412 g/mol. The number of hydrogen-bond acceptors (Lipinski definition) is 8. The van der Waals surface area contributed by atoms with E-state index in [1.165, 1.54) is 0 Å². The first kappa shape index (κ1) is 22.5. The van der Waals surface area contributed by atoms with Crippen LogP contribution >= 0.6 is 0 Å². The van der Waals surface area contributed by atoms with E-state index in [2.05, 4.69) is 0 Å². The van der Waals surface area contributed by atoms with Gasteiger partial charge in [0.05, 0.1) is 39.5 Å². The highest BCUT2D eigenvalue weighted by Crippen LogP contribution is 2.46. The Labute approximate surface area is 169 Å². The van der Waals surface area contributed by atoms with Crippen molar-refractivity contribution in [3.05, 3.63) is 11.1 Å². The highest BCUT2D eigenvalue weighted by molar-refractivity contribution is 6.01. The second kappa shape index (κ2) is 9.62. The van der Waals surface area contributed by atoms with E-state index in [9.17, 15) is 19.2 Å². The van der Waals surface area contributed by atoms with Gasteiger partial charge in [-0.05, 0) is 51.7 Å². The molecule has 0 radical (unpaired) electrons. The fraction of sp³-hybridized carbons (Fsp3) is 0.684. The summed E-state index contributed by atoms with van der Waals surface area (Å²) in [5.74, 6) is -1.34. The summed E-state index contributed by atoms with van der Waals surface area (Å²) >= 11 is 0. The molecule has 0 spiro atoms. The number of carbonyl (C=O) groups is 4. The molecule has 2 amide bonds. The van der Waals surface area contributed by atoms with Gasteiger partial charge in [-0.2, -0.15) is 0 Å². The van der Waals surface area contributed by atoms with Crippen LogP contribution < -0.4 is 0 Å². The number of esters is 2. The van der Waals surface area contributed by atoms with E-state index in [0.717, 1.165) is 10.0 Å². The molecule has 1 aliphatic heterocycles. The van der Waals surface area contributed by atoms with Gasteiger partial charge in [0.25, 0.3) is 0 Å². The summed E-state index contributed by atoms with van der Waals surface area (Å²) in [5.41, 5.74) is -0.0961. The van der Waals surface area contributed by atoms with Crippen LogP contribution in [0.15, 0.2) is 11.1 Å². The van der Waals surface area contributed by atoms with Crippen molar-refractivity contribution in [1.29, 1.82) is 0 Å². The van der Waals surface area contributed by atoms with Gasteiger partial charge in [-0.25, -0.2) is 19.6 Å². The Bertz CT molecular complexity index is 644. The quantitative estimate of drug-likeness (QED) is 0.282. The summed E-state index contributed by atoms with van der Waals surface area (Å²) in [5, 5.41) is 2.26. The van der Waals surface area contributed by atoms with Crippen LogP contribution in [0.25, 0.3) is 0 Å². The van der Waals surface area contributed by atoms with Crippen molar-refractivity contribution in [3.63, 3.8) is 0 Å². The number of ether oxygens (including phenoxy) is 4. The van der Waals surface area contributed by atoms with Crippen LogP contribution in [0, 0.1) is 5.41 Å². The summed E-state index contributed by atoms with van der Waals surface area (Å²) < 4.78 is 20.4. The van der Waals surface area contributed by atoms with Crippen LogP contribution in [0.2, 0.25) is 0 Å². The molecule has 0 atom stereocenters. The summed E-state index contributed by atoms with van der Waals surface area (Å²) in [7, 11) is 0. The van der Waals surface area contributed by atoms with Gasteiger partial charge in [-0.3, -0.25) is 9.59 Å². The molecule has 1 aliphatic carbocycles. The van der Waals surface area contributed by atoms with E-state index < -0.39 is 29.5 Å². The van der Waals surface area contributed by atoms with Crippen molar-refractivity contribution in [2.24, 2.45) is 5.41 Å². The van der Waals surface area contributed by atoms with Crippen LogP contribution in [0.3, 0.4) is 0 Å². The van der Waals surface area contributed by atoms with Gasteiger partial charge in [-0.15, -0.1) is 0 Å². The maximum absolute atomic E-state index is 12.7. The molecule has 1 heterocycles. The van der Waals surface area contributed by atoms with Gasteiger partial charge in [0, 0.05) is 0 Å². The van der Waals surface area contributed by atoms with Crippen LogP contribution in [0.4, 0.5) is 9.59 Å². The van der Waals surface area contributed by atoms with Crippen molar-refractivity contribution in [2.75, 3.05) is 39.5 Å². The molecule has 0 unspecified atom stereocenters. The highest BCUT2D eigenvalue weighted by Gasteiger charge is 2.55. The van der Waals surface area contributed by atoms with Crippen molar-refractivity contribution in [3.8, 4) is 0 Å². The van der Waals surface area contributed by atoms with E-state index >= 15 is 0 Å². The zero-order valence-electron chi connectivity index (χ0n) is 17.3. The zero-order valence-corrected chi connectivity index (χ0v) is 17.3. The number of hydrogen-bond donors (Lipinski definition) is 0. The highest BCUT2D eigenvalue weighted by atomic mass is 16.6. The third kappa shape index (κ3) is 4.46. The first-order valence-electron chi connectivity index (χ1n) is 9.77. The van der Waals surface area contributed by atoms with Crippen molar-refractivity contribution in [1.82, 2.24) is 10.0 Å². The predicted octanol–water partition coefficient (Wildman–Crippen LogP) is 2.03. The van der Waals surface area contributed by atoms with Gasteiger partial charge in [0.2, 0.25) is 0 Å². The largest absolute Gasteiger partial charge is 0.465 e. The van der Waals surface area contributed by atoms with Gasteiger partial charge >= 0.3 is 24.1 Å². The van der Waals surface area contributed by atoms with Crippen molar-refractivity contribution in [2.45, 2.75) is 40.5 Å². The lowest BCUT2D eigenvalue weighted by Crippen LogP contribution is -2.53. The van der Waals surface area contributed by atoms with Gasteiger partial charge < -0.3 is 18.9 Å². The Hall–Kier alpha value is -2.78. The Morgan fingerprint density at radius 2 is 1.03 bits per heavy atom. The number of carbonyl (C=O) groups excluding carboxylic acids is 4. The lowest BCUT2D eigenvalue weighted by Gasteiger charge is -2.37. The fourth-order valence-corrected chi connectivity index (χ4v) is 3.54. The first-order chi connectivity index (χ1) is 13.8. The Morgan fingerprint density at radius 1 is 0.690 bits per heavy atom. The third-order valence-corrected chi connectivity index (χ3v) is 4.79. The molecule has 0 saturated heterocycles. The summed E-state index contributed by atoms with van der Waals surface area (Å²) in [6, 6.07) is 0. The molecule has 2 aliphatic rings. The van der Waals surface area contributed by atoms with E-state index in [1.807, 2.05) is 0 Å². The maximum Gasteiger partial charge on any atom is 0.429 e. The standard InChI is InChI=1S/C19H28N2O8/c1-5-26-15(22)19(16(23)27-6-2)9-13-11-20(17(24)28-7-3)21(12-14(13)10-19)18(25)29-8-4/h5-12H2,1-4H3. The molecule has 0 aromatic heterocycles. The summed E-state index contributed by atoms with van der Waals surface area (Å²) in [6.07, 6.45) is -1.30. The normalized spacial score (nSPS) is 17.5. The average molecular weight is 412 g/mol. The van der Waals surface area contributed by atoms with E-state index in [0.29, 0.717) is 11.1 Å². The lowest BCUT2D eigenvalue weighted by molar-refractivity contribution is -0.171. The number of amides is 2. The molecule has 0 aromatic rings. The first-order valence-corrected chi connectivity index (χ1v) is 9.77. The van der Waals surface area contributed by atoms with Gasteiger partial charge in [-0.1, -0.05) is 0 Å². The van der Waals surface area contributed by atoms with E-state index in [4.69, 9.17) is 18.9 Å². The number of rotatable bonds is 6. The minimum Gasteiger partial charge on any atom is -0.465 e. The zero-order chi connectivity index (χ0) is 21.6. The van der Waals surface area contributed by atoms with Crippen LogP contribution in [0.5, 0.6) is 0 Å². The topological polar surface area (TPSA) is 112 Å². The molecule has 0 aromatic carbocycles. The molecule has 29 heavy (non-hydrogen) atoms. The van der Waals surface area contributed by atoms with Crippen LogP contribution in [-0.2, 0) is 28.5 Å². The summed E-state index contributed by atoms with van der Waals surface area (Å²) in [6.45, 7) is 7.14. The molecule has 0 fully saturated rings. The molecule has 10 nitrogen and oxygen atoms in total. The summed E-state index contributed by atoms with van der Waals surface area (Å²) in [4.78, 5) is 50.2. The maximum atomic E-state index is 12.7. The molecule has 10 heteroatoms. The van der Waals surface area contributed by atoms with Crippen LogP contribution in [0.1, 0.15) is 40.5 Å². The second-order valence-electron chi connectivity index (χ2n) is 6.60. The minimum atomic E-state index is -1.51. The van der Waals surface area contributed by atoms with Gasteiger partial charge in [0.1, 0.15) is 0 Å². The molecular formula is C19H28N2O8. The van der Waals surface area contributed by atoms with Gasteiger partial charge in [0.15, 0.2) is 5.41 Å². The van der Waals surface area contributed by atoms with Crippen molar-refractivity contribution >= 4 is 24.1 Å². The molecular weight excluding hydrogens is 384 g/mol. The lowest BCUT2D eigenvalue weighted by atomic mass is 9.83. The molecule has 162 valence electrons. The predicted molar refractivity (Wildman–Crippen MR) is 99.4 cm³/mol. The van der Waals surface area contributed by atoms with Crippen LogP contribution in [-0.4, -0.2) is 73.7 Å². The third-order valence-electron chi connectivity index (χ3n) is 4.79. The van der Waals surface area contributed by atoms with Crippen molar-refractivity contribution < 1.29 is 38.1 Å². The molecule has 0 bridgehead atoms. The SMILES string of the molecule is CCOC(=O)N1CC2=C(CN1C(=O)OCC)CC(C(=O)OCC)(C(=O)OCC)C2. The fourth-order valence-electron chi connectivity index (χ4n) is 3.54. The number of nitrogens with zero attached hydrogens (tertiary/aromatic N) is 2.